The van der Waals surface area contributed by atoms with Crippen LogP contribution in [0.5, 0.6) is 0 Å². The molecule has 2 rings (SSSR count). The highest BCUT2D eigenvalue weighted by molar-refractivity contribution is 7.12. The van der Waals surface area contributed by atoms with Gasteiger partial charge in [-0.05, 0) is 53.2 Å². The monoisotopic (exact) mass is 292 g/mol. The van der Waals surface area contributed by atoms with Gasteiger partial charge in [-0.15, -0.1) is 16.4 Å². The zero-order valence-electron chi connectivity index (χ0n) is 13.2. The Kier molecular flexibility index (Phi) is 4.30. The van der Waals surface area contributed by atoms with Crippen molar-refractivity contribution in [1.29, 1.82) is 0 Å². The molecule has 0 aromatic carbocycles. The minimum absolute atomic E-state index is 0.0159. The number of thiophene rings is 1. The van der Waals surface area contributed by atoms with Gasteiger partial charge in [0, 0.05) is 22.3 Å². The molecule has 5 heteroatoms. The van der Waals surface area contributed by atoms with Crippen molar-refractivity contribution in [3.8, 4) is 0 Å². The number of nitrogens with zero attached hydrogens (tertiary/aromatic N) is 3. The van der Waals surface area contributed by atoms with Crippen molar-refractivity contribution in [2.24, 2.45) is 0 Å². The first-order valence-corrected chi connectivity index (χ1v) is 7.81. The molecule has 0 aliphatic heterocycles. The summed E-state index contributed by atoms with van der Waals surface area (Å²) in [7, 11) is 0. The number of hydrogen-bond acceptors (Lipinski definition) is 4. The molecule has 2 aromatic rings. The van der Waals surface area contributed by atoms with E-state index < -0.39 is 0 Å². The Labute approximate surface area is 125 Å². The Bertz CT molecular complexity index is 577. The first kappa shape index (κ1) is 15.2. The average Bonchev–Trinajstić information content (AvgIpc) is 2.92. The molecule has 0 aliphatic carbocycles. The quantitative estimate of drug-likeness (QED) is 0.937. The van der Waals surface area contributed by atoms with Gasteiger partial charge in [0.2, 0.25) is 0 Å². The lowest BCUT2D eigenvalue weighted by atomic mass is 10.1. The lowest BCUT2D eigenvalue weighted by Gasteiger charge is -2.17. The minimum Gasteiger partial charge on any atom is -0.304 e. The highest BCUT2D eigenvalue weighted by Gasteiger charge is 2.16. The van der Waals surface area contributed by atoms with Gasteiger partial charge in [0.15, 0.2) is 0 Å². The summed E-state index contributed by atoms with van der Waals surface area (Å²) in [6.45, 7) is 13.6. The molecule has 110 valence electrons. The third-order valence-electron chi connectivity index (χ3n) is 3.36. The van der Waals surface area contributed by atoms with Crippen LogP contribution in [0.1, 0.15) is 54.7 Å². The topological polar surface area (TPSA) is 42.7 Å². The maximum Gasteiger partial charge on any atom is 0.0965 e. The van der Waals surface area contributed by atoms with Crippen molar-refractivity contribution in [2.75, 3.05) is 0 Å². The van der Waals surface area contributed by atoms with Crippen molar-refractivity contribution >= 4 is 11.3 Å². The molecule has 0 amide bonds. The number of rotatable bonds is 4. The van der Waals surface area contributed by atoms with Crippen LogP contribution in [0.4, 0.5) is 0 Å². The van der Waals surface area contributed by atoms with Gasteiger partial charge < -0.3 is 5.32 Å². The second kappa shape index (κ2) is 5.66. The SMILES string of the molecule is Cc1cc(C(C)NCc2cn(C(C)(C)C)nn2)c(C)s1. The van der Waals surface area contributed by atoms with E-state index in [1.165, 1.54) is 15.3 Å². The Morgan fingerprint density at radius 2 is 2.05 bits per heavy atom. The lowest BCUT2D eigenvalue weighted by molar-refractivity contribution is 0.347. The summed E-state index contributed by atoms with van der Waals surface area (Å²) in [5.41, 5.74) is 2.35. The molecular formula is C15H24N4S. The van der Waals surface area contributed by atoms with Crippen LogP contribution >= 0.6 is 11.3 Å². The third kappa shape index (κ3) is 3.46. The number of aryl methyl sites for hydroxylation is 2. The normalized spacial score (nSPS) is 13.7. The maximum atomic E-state index is 4.23. The largest absolute Gasteiger partial charge is 0.304 e. The number of aromatic nitrogens is 3. The van der Waals surface area contributed by atoms with Gasteiger partial charge in [-0.1, -0.05) is 5.21 Å². The molecule has 0 spiro atoms. The van der Waals surface area contributed by atoms with Crippen LogP contribution in [0.3, 0.4) is 0 Å². The molecular weight excluding hydrogens is 268 g/mol. The van der Waals surface area contributed by atoms with E-state index in [0.717, 1.165) is 12.2 Å². The maximum absolute atomic E-state index is 4.23. The zero-order valence-corrected chi connectivity index (χ0v) is 14.0. The Balaban J connectivity index is 1.98. The van der Waals surface area contributed by atoms with Crippen LogP contribution in [0.25, 0.3) is 0 Å². The van der Waals surface area contributed by atoms with Gasteiger partial charge in [-0.25, -0.2) is 4.68 Å². The van der Waals surface area contributed by atoms with E-state index >= 15 is 0 Å². The summed E-state index contributed by atoms with van der Waals surface area (Å²) in [6.07, 6.45) is 2.02. The second-order valence-corrected chi connectivity index (χ2v) is 7.76. The lowest BCUT2D eigenvalue weighted by Crippen LogP contribution is -2.22. The van der Waals surface area contributed by atoms with Crippen LogP contribution in [-0.2, 0) is 12.1 Å². The van der Waals surface area contributed by atoms with Crippen LogP contribution in [0.2, 0.25) is 0 Å². The first-order chi connectivity index (χ1) is 9.27. The fraction of sp³-hybridized carbons (Fsp3) is 0.600. The minimum atomic E-state index is -0.0159. The molecule has 2 aromatic heterocycles. The Morgan fingerprint density at radius 1 is 1.35 bits per heavy atom. The molecule has 0 saturated heterocycles. The second-order valence-electron chi connectivity index (χ2n) is 6.30. The summed E-state index contributed by atoms with van der Waals surface area (Å²) >= 11 is 1.85. The van der Waals surface area contributed by atoms with Gasteiger partial charge in [-0.2, -0.15) is 0 Å². The molecule has 0 saturated carbocycles. The van der Waals surface area contributed by atoms with Crippen molar-refractivity contribution in [3.05, 3.63) is 33.3 Å². The summed E-state index contributed by atoms with van der Waals surface area (Å²) in [5, 5.41) is 11.9. The van der Waals surface area contributed by atoms with E-state index in [9.17, 15) is 0 Å². The van der Waals surface area contributed by atoms with E-state index in [1.807, 2.05) is 22.2 Å². The van der Waals surface area contributed by atoms with Gasteiger partial charge in [0.1, 0.15) is 0 Å². The molecule has 2 heterocycles. The molecule has 0 aliphatic rings. The average molecular weight is 292 g/mol. The number of nitrogens with one attached hydrogen (secondary N) is 1. The van der Waals surface area contributed by atoms with E-state index in [0.29, 0.717) is 6.04 Å². The van der Waals surface area contributed by atoms with Gasteiger partial charge in [0.05, 0.1) is 17.4 Å². The molecule has 1 atom stereocenters. The van der Waals surface area contributed by atoms with E-state index in [2.05, 4.69) is 63.2 Å². The standard InChI is InChI=1S/C15H24N4S/c1-10-7-14(12(3)20-10)11(2)16-8-13-9-19(18-17-13)15(4,5)6/h7,9,11,16H,8H2,1-6H3. The van der Waals surface area contributed by atoms with E-state index in [-0.39, 0.29) is 5.54 Å². The molecule has 1 unspecified atom stereocenters. The zero-order chi connectivity index (χ0) is 14.9. The molecule has 1 N–H and O–H groups in total. The summed E-state index contributed by atoms with van der Waals surface area (Å²) in [4.78, 5) is 2.76. The van der Waals surface area contributed by atoms with Crippen molar-refractivity contribution in [2.45, 2.75) is 59.7 Å². The van der Waals surface area contributed by atoms with Crippen LogP contribution in [-0.4, -0.2) is 15.0 Å². The van der Waals surface area contributed by atoms with Gasteiger partial charge in [-0.3, -0.25) is 0 Å². The highest BCUT2D eigenvalue weighted by atomic mass is 32.1. The smallest absolute Gasteiger partial charge is 0.0965 e. The predicted molar refractivity (Wildman–Crippen MR) is 84.1 cm³/mol. The van der Waals surface area contributed by atoms with Crippen molar-refractivity contribution in [3.63, 3.8) is 0 Å². The number of hydrogen-bond donors (Lipinski definition) is 1. The van der Waals surface area contributed by atoms with Crippen LogP contribution < -0.4 is 5.32 Å². The fourth-order valence-corrected chi connectivity index (χ4v) is 3.18. The van der Waals surface area contributed by atoms with Crippen LogP contribution in [0.15, 0.2) is 12.3 Å². The molecule has 20 heavy (non-hydrogen) atoms. The Morgan fingerprint density at radius 3 is 2.55 bits per heavy atom. The van der Waals surface area contributed by atoms with E-state index in [1.54, 1.807) is 0 Å². The Hall–Kier alpha value is -1.20. The molecule has 0 bridgehead atoms. The van der Waals surface area contributed by atoms with Crippen LogP contribution in [0, 0.1) is 13.8 Å². The first-order valence-electron chi connectivity index (χ1n) is 6.99. The molecule has 4 nitrogen and oxygen atoms in total. The summed E-state index contributed by atoms with van der Waals surface area (Å²) in [6, 6.07) is 2.60. The van der Waals surface area contributed by atoms with E-state index in [4.69, 9.17) is 0 Å². The summed E-state index contributed by atoms with van der Waals surface area (Å²) < 4.78 is 1.91. The fourth-order valence-electron chi connectivity index (χ4n) is 2.16. The van der Waals surface area contributed by atoms with Gasteiger partial charge >= 0.3 is 0 Å². The molecule has 0 radical (unpaired) electrons. The van der Waals surface area contributed by atoms with Gasteiger partial charge in [0.25, 0.3) is 0 Å². The third-order valence-corrected chi connectivity index (χ3v) is 4.35. The predicted octanol–water partition coefficient (Wildman–Crippen LogP) is 3.56. The highest BCUT2D eigenvalue weighted by Crippen LogP contribution is 2.26. The molecule has 0 fully saturated rings. The summed E-state index contributed by atoms with van der Waals surface area (Å²) in [5.74, 6) is 0. The van der Waals surface area contributed by atoms with Crippen molar-refractivity contribution < 1.29 is 0 Å². The van der Waals surface area contributed by atoms with Crippen molar-refractivity contribution in [1.82, 2.24) is 20.3 Å².